The van der Waals surface area contributed by atoms with Crippen molar-refractivity contribution in [1.82, 2.24) is 9.38 Å². The normalized spacial score (nSPS) is 11.4. The number of benzene rings is 2. The highest BCUT2D eigenvalue weighted by Gasteiger charge is 2.22. The summed E-state index contributed by atoms with van der Waals surface area (Å²) in [5, 5.41) is 0. The molecule has 0 fully saturated rings. The van der Waals surface area contributed by atoms with Crippen LogP contribution in [0.15, 0.2) is 71.9 Å². The highest BCUT2D eigenvalue weighted by molar-refractivity contribution is 7.92. The largest absolute Gasteiger partial charge is 0.497 e. The second-order valence-corrected chi connectivity index (χ2v) is 8.37. The first kappa shape index (κ1) is 19.8. The van der Waals surface area contributed by atoms with Crippen molar-refractivity contribution in [2.45, 2.75) is 11.8 Å². The fourth-order valence-corrected chi connectivity index (χ4v) is 4.51. The maximum absolute atomic E-state index is 13.1. The van der Waals surface area contributed by atoms with E-state index >= 15 is 0 Å². The zero-order valence-corrected chi connectivity index (χ0v) is 17.6. The van der Waals surface area contributed by atoms with Crippen LogP contribution < -0.4 is 14.2 Å². The van der Waals surface area contributed by atoms with Gasteiger partial charge in [0.05, 0.1) is 25.6 Å². The number of rotatable bonds is 6. The Morgan fingerprint density at radius 3 is 2.53 bits per heavy atom. The van der Waals surface area contributed by atoms with E-state index in [-0.39, 0.29) is 10.6 Å². The Bertz CT molecular complexity index is 1330. The molecule has 0 amide bonds. The van der Waals surface area contributed by atoms with Gasteiger partial charge >= 0.3 is 0 Å². The summed E-state index contributed by atoms with van der Waals surface area (Å²) < 4.78 is 41.3. The molecule has 4 aromatic rings. The number of hydrogen-bond donors (Lipinski definition) is 1. The van der Waals surface area contributed by atoms with Crippen LogP contribution in [0.3, 0.4) is 0 Å². The lowest BCUT2D eigenvalue weighted by Gasteiger charge is -2.14. The standard InChI is InChI=1S/C22H21N3O4S/c1-15-7-6-12-25-14-19(23-22(15)25)17-8-4-5-9-18(17)24-30(26,27)21-11-10-16(28-2)13-20(21)29-3/h4-14,24H,1-3H3. The SMILES string of the molecule is COc1ccc(S(=O)(=O)Nc2ccccc2-c2cn3cccc(C)c3n2)c(OC)c1. The van der Waals surface area contributed by atoms with Crippen molar-refractivity contribution < 1.29 is 17.9 Å². The van der Waals surface area contributed by atoms with Crippen LogP contribution in [-0.2, 0) is 10.0 Å². The van der Waals surface area contributed by atoms with Crippen LogP contribution in [0.2, 0.25) is 0 Å². The van der Waals surface area contributed by atoms with Gasteiger partial charge in [0.15, 0.2) is 0 Å². The van der Waals surface area contributed by atoms with E-state index in [0.717, 1.165) is 11.2 Å². The summed E-state index contributed by atoms with van der Waals surface area (Å²) in [6.45, 7) is 1.98. The quantitative estimate of drug-likeness (QED) is 0.504. The van der Waals surface area contributed by atoms with Crippen LogP contribution in [0.1, 0.15) is 5.56 Å². The Labute approximate surface area is 175 Å². The maximum Gasteiger partial charge on any atom is 0.265 e. The molecule has 0 aliphatic heterocycles. The molecule has 0 aliphatic rings. The van der Waals surface area contributed by atoms with E-state index in [0.29, 0.717) is 22.7 Å². The van der Waals surface area contributed by atoms with E-state index < -0.39 is 10.0 Å². The van der Waals surface area contributed by atoms with Crippen LogP contribution >= 0.6 is 0 Å². The Morgan fingerprint density at radius 2 is 1.80 bits per heavy atom. The molecule has 0 bridgehead atoms. The van der Waals surface area contributed by atoms with Gasteiger partial charge in [-0.05, 0) is 36.8 Å². The summed E-state index contributed by atoms with van der Waals surface area (Å²) in [6, 6.07) is 15.6. The van der Waals surface area contributed by atoms with E-state index in [4.69, 9.17) is 9.47 Å². The minimum absolute atomic E-state index is 0.0199. The molecule has 0 aliphatic carbocycles. The number of fused-ring (bicyclic) bond motifs is 1. The van der Waals surface area contributed by atoms with Crippen molar-refractivity contribution in [2.24, 2.45) is 0 Å². The summed E-state index contributed by atoms with van der Waals surface area (Å²) in [4.78, 5) is 4.71. The number of methoxy groups -OCH3 is 2. The minimum atomic E-state index is -3.91. The number of imidazole rings is 1. The molecule has 154 valence electrons. The molecule has 0 atom stereocenters. The Morgan fingerprint density at radius 1 is 1.00 bits per heavy atom. The summed E-state index contributed by atoms with van der Waals surface area (Å²) in [6.07, 6.45) is 3.79. The van der Waals surface area contributed by atoms with Crippen molar-refractivity contribution in [2.75, 3.05) is 18.9 Å². The summed E-state index contributed by atoms with van der Waals surface area (Å²) in [5.74, 6) is 0.703. The maximum atomic E-state index is 13.1. The lowest BCUT2D eigenvalue weighted by Crippen LogP contribution is -2.14. The van der Waals surface area contributed by atoms with Gasteiger partial charge < -0.3 is 13.9 Å². The number of aryl methyl sites for hydroxylation is 1. The van der Waals surface area contributed by atoms with E-state index in [1.807, 2.05) is 48.0 Å². The van der Waals surface area contributed by atoms with Gasteiger partial charge in [-0.1, -0.05) is 24.3 Å². The number of anilines is 1. The molecule has 30 heavy (non-hydrogen) atoms. The average Bonchev–Trinajstić information content (AvgIpc) is 3.19. The van der Waals surface area contributed by atoms with Gasteiger partial charge in [-0.15, -0.1) is 0 Å². The molecule has 8 heteroatoms. The van der Waals surface area contributed by atoms with Crippen molar-refractivity contribution in [3.63, 3.8) is 0 Å². The highest BCUT2D eigenvalue weighted by atomic mass is 32.2. The minimum Gasteiger partial charge on any atom is -0.497 e. The third kappa shape index (κ3) is 3.57. The first-order valence-corrected chi connectivity index (χ1v) is 10.7. The zero-order valence-electron chi connectivity index (χ0n) is 16.8. The fourth-order valence-electron chi connectivity index (χ4n) is 3.28. The molecular weight excluding hydrogens is 402 g/mol. The van der Waals surface area contributed by atoms with E-state index in [9.17, 15) is 8.42 Å². The third-order valence-electron chi connectivity index (χ3n) is 4.79. The molecule has 4 rings (SSSR count). The van der Waals surface area contributed by atoms with E-state index in [1.165, 1.54) is 26.4 Å². The van der Waals surface area contributed by atoms with Crippen molar-refractivity contribution in [3.05, 3.63) is 72.6 Å². The second kappa shape index (κ2) is 7.72. The first-order chi connectivity index (χ1) is 14.4. The Balaban J connectivity index is 1.77. The number of ether oxygens (including phenoxy) is 2. The fraction of sp³-hybridized carbons (Fsp3) is 0.136. The van der Waals surface area contributed by atoms with E-state index in [2.05, 4.69) is 9.71 Å². The van der Waals surface area contributed by atoms with Crippen molar-refractivity contribution in [1.29, 1.82) is 0 Å². The zero-order chi connectivity index (χ0) is 21.3. The predicted octanol–water partition coefficient (Wildman–Crippen LogP) is 4.13. The van der Waals surface area contributed by atoms with Gasteiger partial charge in [-0.2, -0.15) is 0 Å². The van der Waals surface area contributed by atoms with Crippen LogP contribution in [0.5, 0.6) is 11.5 Å². The van der Waals surface area contributed by atoms with Gasteiger partial charge in [-0.25, -0.2) is 13.4 Å². The third-order valence-corrected chi connectivity index (χ3v) is 6.19. The summed E-state index contributed by atoms with van der Waals surface area (Å²) in [5.41, 5.74) is 3.63. The van der Waals surface area contributed by atoms with Crippen molar-refractivity contribution >= 4 is 21.4 Å². The molecule has 0 saturated carbocycles. The smallest absolute Gasteiger partial charge is 0.265 e. The molecule has 2 aromatic heterocycles. The number of nitrogens with zero attached hydrogens (tertiary/aromatic N) is 2. The Kier molecular flexibility index (Phi) is 5.09. The second-order valence-electron chi connectivity index (χ2n) is 6.72. The van der Waals surface area contributed by atoms with Crippen LogP contribution in [-0.4, -0.2) is 32.0 Å². The molecule has 2 aromatic carbocycles. The molecule has 0 radical (unpaired) electrons. The van der Waals surface area contributed by atoms with Crippen LogP contribution in [0.4, 0.5) is 5.69 Å². The lowest BCUT2D eigenvalue weighted by atomic mass is 10.1. The van der Waals surface area contributed by atoms with E-state index in [1.54, 1.807) is 18.2 Å². The van der Waals surface area contributed by atoms with Crippen molar-refractivity contribution in [3.8, 4) is 22.8 Å². The molecule has 1 N–H and O–H groups in total. The van der Waals surface area contributed by atoms with Gasteiger partial charge in [0, 0.05) is 24.0 Å². The average molecular weight is 423 g/mol. The molecule has 0 spiro atoms. The van der Waals surface area contributed by atoms with Gasteiger partial charge in [0.25, 0.3) is 10.0 Å². The number of sulfonamides is 1. The molecule has 0 saturated heterocycles. The summed E-state index contributed by atoms with van der Waals surface area (Å²) in [7, 11) is -0.990. The topological polar surface area (TPSA) is 81.9 Å². The van der Waals surface area contributed by atoms with Gasteiger partial charge in [0.1, 0.15) is 22.0 Å². The number of nitrogens with one attached hydrogen (secondary N) is 1. The van der Waals surface area contributed by atoms with Gasteiger partial charge in [0.2, 0.25) is 0 Å². The Hall–Kier alpha value is -3.52. The first-order valence-electron chi connectivity index (χ1n) is 9.21. The van der Waals surface area contributed by atoms with Crippen LogP contribution in [0, 0.1) is 6.92 Å². The highest BCUT2D eigenvalue weighted by Crippen LogP contribution is 2.33. The number of aromatic nitrogens is 2. The van der Waals surface area contributed by atoms with Gasteiger partial charge in [-0.3, -0.25) is 4.72 Å². The number of pyridine rings is 1. The monoisotopic (exact) mass is 423 g/mol. The van der Waals surface area contributed by atoms with Crippen LogP contribution in [0.25, 0.3) is 16.9 Å². The number of hydrogen-bond acceptors (Lipinski definition) is 5. The molecule has 2 heterocycles. The molecular formula is C22H21N3O4S. The lowest BCUT2D eigenvalue weighted by molar-refractivity contribution is 0.386. The molecule has 0 unspecified atom stereocenters. The predicted molar refractivity (Wildman–Crippen MR) is 116 cm³/mol. The summed E-state index contributed by atoms with van der Waals surface area (Å²) >= 11 is 0. The number of para-hydroxylation sites is 1. The molecule has 7 nitrogen and oxygen atoms in total.